The highest BCUT2D eigenvalue weighted by molar-refractivity contribution is 8.08. The van der Waals surface area contributed by atoms with Crippen LogP contribution in [0.25, 0.3) is 0 Å². The summed E-state index contributed by atoms with van der Waals surface area (Å²) in [5.74, 6) is -2.48. The highest BCUT2D eigenvalue weighted by atomic mass is 32.2. The third kappa shape index (κ3) is 6.89. The van der Waals surface area contributed by atoms with Crippen LogP contribution in [-0.4, -0.2) is 69.5 Å². The maximum Gasteiger partial charge on any atom is 0.332 e. The van der Waals surface area contributed by atoms with E-state index in [2.05, 4.69) is 15.3 Å². The maximum atomic E-state index is 13.1. The first-order valence-electron chi connectivity index (χ1n) is 10.3. The van der Waals surface area contributed by atoms with Crippen molar-refractivity contribution in [1.29, 1.82) is 0 Å². The number of hydrogen-bond acceptors (Lipinski definition) is 9. The summed E-state index contributed by atoms with van der Waals surface area (Å²) in [7, 11) is 0. The molecule has 2 aromatic heterocycles. The van der Waals surface area contributed by atoms with Crippen molar-refractivity contribution in [2.75, 3.05) is 19.7 Å². The van der Waals surface area contributed by atoms with Gasteiger partial charge in [0.25, 0.3) is 11.8 Å². The molecule has 10 nitrogen and oxygen atoms in total. The highest BCUT2D eigenvalue weighted by Gasteiger charge is 2.39. The molecule has 3 rings (SSSR count). The van der Waals surface area contributed by atoms with E-state index in [-0.39, 0.29) is 35.9 Å². The predicted octanol–water partition coefficient (Wildman–Crippen LogP) is 1.94. The van der Waals surface area contributed by atoms with Crippen molar-refractivity contribution in [2.45, 2.75) is 29.5 Å². The van der Waals surface area contributed by atoms with Crippen LogP contribution < -0.4 is 5.32 Å². The molecule has 2 aromatic rings. The van der Waals surface area contributed by atoms with Crippen LogP contribution in [0.3, 0.4) is 0 Å². The molecule has 3 amide bonds. The van der Waals surface area contributed by atoms with E-state index >= 15 is 0 Å². The summed E-state index contributed by atoms with van der Waals surface area (Å²) < 4.78 is 5.05. The fourth-order valence-electron chi connectivity index (χ4n) is 2.74. The first-order chi connectivity index (χ1) is 16.4. The number of aromatic nitrogens is 2. The van der Waals surface area contributed by atoms with E-state index in [4.69, 9.17) is 9.84 Å². The number of imide groups is 1. The molecule has 0 aliphatic carbocycles. The molecule has 0 fully saturated rings. The molecule has 178 valence electrons. The van der Waals surface area contributed by atoms with Crippen LogP contribution in [0, 0.1) is 0 Å². The molecule has 0 radical (unpaired) electrons. The zero-order valence-corrected chi connectivity index (χ0v) is 19.8. The number of pyridine rings is 2. The number of hydrogen-bond donors (Lipinski definition) is 2. The second-order valence-electron chi connectivity index (χ2n) is 6.91. The molecule has 1 atom stereocenters. The quantitative estimate of drug-likeness (QED) is 0.327. The van der Waals surface area contributed by atoms with E-state index in [0.29, 0.717) is 10.1 Å². The molecule has 1 unspecified atom stereocenters. The van der Waals surface area contributed by atoms with Gasteiger partial charge in [-0.2, -0.15) is 0 Å². The van der Waals surface area contributed by atoms with Crippen LogP contribution in [0.5, 0.6) is 0 Å². The molecular formula is C22H22N4O6S2. The SMILES string of the molecule is CC(OCCNC(=O)CCN1C(=O)C(Sc2ccccn2)=C(Sc2ccccn2)C1=O)C(=O)O. The number of thioether (sulfide) groups is 2. The predicted molar refractivity (Wildman–Crippen MR) is 125 cm³/mol. The topological polar surface area (TPSA) is 139 Å². The third-order valence-corrected chi connectivity index (χ3v) is 6.67. The van der Waals surface area contributed by atoms with Gasteiger partial charge >= 0.3 is 5.97 Å². The Balaban J connectivity index is 1.63. The number of carboxylic acid groups (broad SMARTS) is 1. The van der Waals surface area contributed by atoms with Crippen LogP contribution in [-0.2, 0) is 23.9 Å². The van der Waals surface area contributed by atoms with E-state index in [1.54, 1.807) is 48.8 Å². The fourth-order valence-corrected chi connectivity index (χ4v) is 4.68. The van der Waals surface area contributed by atoms with Gasteiger partial charge in [-0.3, -0.25) is 19.3 Å². The van der Waals surface area contributed by atoms with Crippen molar-refractivity contribution in [3.63, 3.8) is 0 Å². The van der Waals surface area contributed by atoms with Crippen molar-refractivity contribution in [2.24, 2.45) is 0 Å². The molecule has 0 saturated carbocycles. The van der Waals surface area contributed by atoms with E-state index in [1.807, 2.05) is 0 Å². The molecule has 12 heteroatoms. The summed E-state index contributed by atoms with van der Waals surface area (Å²) in [6.07, 6.45) is 2.11. The Labute approximate surface area is 204 Å². The Hall–Kier alpha value is -3.22. The van der Waals surface area contributed by atoms with Gasteiger partial charge in [0, 0.05) is 31.9 Å². The number of ether oxygens (including phenoxy) is 1. The Morgan fingerprint density at radius 2 is 1.59 bits per heavy atom. The number of carbonyl (C=O) groups is 4. The molecule has 1 aliphatic rings. The Kier molecular flexibility index (Phi) is 9.19. The first-order valence-corrected chi connectivity index (χ1v) is 11.9. The smallest absolute Gasteiger partial charge is 0.332 e. The second kappa shape index (κ2) is 12.3. The average Bonchev–Trinajstić information content (AvgIpc) is 3.05. The summed E-state index contributed by atoms with van der Waals surface area (Å²) in [6, 6.07) is 10.5. The van der Waals surface area contributed by atoms with Gasteiger partial charge in [0.1, 0.15) is 10.1 Å². The Morgan fingerprint density at radius 3 is 2.06 bits per heavy atom. The summed E-state index contributed by atoms with van der Waals surface area (Å²) >= 11 is 2.19. The van der Waals surface area contributed by atoms with E-state index in [9.17, 15) is 19.2 Å². The fraction of sp³-hybridized carbons (Fsp3) is 0.273. The van der Waals surface area contributed by atoms with E-state index in [0.717, 1.165) is 28.4 Å². The van der Waals surface area contributed by atoms with Crippen molar-refractivity contribution >= 4 is 47.2 Å². The molecule has 0 saturated heterocycles. The monoisotopic (exact) mass is 502 g/mol. The van der Waals surface area contributed by atoms with Gasteiger partial charge in [0.2, 0.25) is 5.91 Å². The van der Waals surface area contributed by atoms with Gasteiger partial charge in [0.05, 0.1) is 16.4 Å². The first kappa shape index (κ1) is 25.4. The molecule has 1 aliphatic heterocycles. The molecule has 0 aromatic carbocycles. The van der Waals surface area contributed by atoms with Gasteiger partial charge < -0.3 is 15.2 Å². The van der Waals surface area contributed by atoms with E-state index < -0.39 is 29.8 Å². The molecule has 34 heavy (non-hydrogen) atoms. The molecule has 2 N–H and O–H groups in total. The highest BCUT2D eigenvalue weighted by Crippen LogP contribution is 2.41. The van der Waals surface area contributed by atoms with Crippen molar-refractivity contribution in [1.82, 2.24) is 20.2 Å². The lowest BCUT2D eigenvalue weighted by Gasteiger charge is -2.15. The lowest BCUT2D eigenvalue weighted by molar-refractivity contribution is -0.149. The number of amides is 3. The number of aliphatic carboxylic acids is 1. The average molecular weight is 503 g/mol. The number of carboxylic acids is 1. The number of nitrogens with zero attached hydrogens (tertiary/aromatic N) is 3. The van der Waals surface area contributed by atoms with E-state index in [1.165, 1.54) is 6.92 Å². The lowest BCUT2D eigenvalue weighted by Crippen LogP contribution is -2.36. The van der Waals surface area contributed by atoms with Crippen LogP contribution in [0.1, 0.15) is 13.3 Å². The minimum Gasteiger partial charge on any atom is -0.479 e. The summed E-state index contributed by atoms with van der Waals surface area (Å²) in [4.78, 5) is 59.0. The summed E-state index contributed by atoms with van der Waals surface area (Å²) in [5, 5.41) is 12.5. The Bertz CT molecular complexity index is 1020. The molecule has 0 bridgehead atoms. The van der Waals surface area contributed by atoms with Crippen molar-refractivity contribution < 1.29 is 29.0 Å². The normalized spacial score (nSPS) is 14.4. The van der Waals surface area contributed by atoms with Gasteiger partial charge in [-0.05, 0) is 31.2 Å². The third-order valence-electron chi connectivity index (χ3n) is 4.48. The van der Waals surface area contributed by atoms with Crippen LogP contribution >= 0.6 is 23.5 Å². The molecular weight excluding hydrogens is 480 g/mol. The van der Waals surface area contributed by atoms with Crippen molar-refractivity contribution in [3.05, 3.63) is 58.6 Å². The summed E-state index contributed by atoms with van der Waals surface area (Å²) in [5.41, 5.74) is 0. The number of carbonyl (C=O) groups excluding carboxylic acids is 3. The molecule has 0 spiro atoms. The minimum absolute atomic E-state index is 0.0259. The van der Waals surface area contributed by atoms with Gasteiger partial charge in [-0.25, -0.2) is 14.8 Å². The van der Waals surface area contributed by atoms with Gasteiger partial charge in [0.15, 0.2) is 6.10 Å². The molecule has 3 heterocycles. The zero-order valence-electron chi connectivity index (χ0n) is 18.2. The number of rotatable bonds is 12. The van der Waals surface area contributed by atoms with Gasteiger partial charge in [-0.1, -0.05) is 35.7 Å². The summed E-state index contributed by atoms with van der Waals surface area (Å²) in [6.45, 7) is 1.42. The van der Waals surface area contributed by atoms with Crippen LogP contribution in [0.2, 0.25) is 0 Å². The minimum atomic E-state index is -1.09. The van der Waals surface area contributed by atoms with Crippen molar-refractivity contribution in [3.8, 4) is 0 Å². The zero-order chi connectivity index (χ0) is 24.5. The Morgan fingerprint density at radius 1 is 1.03 bits per heavy atom. The second-order valence-corrected chi connectivity index (χ2v) is 8.97. The van der Waals surface area contributed by atoms with Crippen LogP contribution in [0.15, 0.2) is 68.7 Å². The maximum absolute atomic E-state index is 13.1. The van der Waals surface area contributed by atoms with Crippen LogP contribution in [0.4, 0.5) is 0 Å². The van der Waals surface area contributed by atoms with Gasteiger partial charge in [-0.15, -0.1) is 0 Å². The standard InChI is InChI=1S/C22H22N4O6S2/c1-14(22(30)31)32-13-11-23-15(27)8-12-26-20(28)18(33-16-6-2-4-9-24-16)19(21(26)29)34-17-7-3-5-10-25-17/h2-7,9-10,14H,8,11-13H2,1H3,(H,23,27)(H,30,31). The number of nitrogens with one attached hydrogen (secondary N) is 1. The lowest BCUT2D eigenvalue weighted by atomic mass is 10.3. The largest absolute Gasteiger partial charge is 0.479 e.